The highest BCUT2D eigenvalue weighted by Gasteiger charge is 2.16. The Hall–Kier alpha value is -1.90. The lowest BCUT2D eigenvalue weighted by atomic mass is 9.95. The van der Waals surface area contributed by atoms with Crippen LogP contribution >= 0.6 is 0 Å². The molecule has 0 aliphatic rings. The summed E-state index contributed by atoms with van der Waals surface area (Å²) in [7, 11) is 0. The van der Waals surface area contributed by atoms with E-state index in [2.05, 4.69) is 0 Å². The molecular formula is C13H11FO2. The molecule has 1 N–H and O–H groups in total. The highest BCUT2D eigenvalue weighted by atomic mass is 19.1. The highest BCUT2D eigenvalue weighted by molar-refractivity contribution is 5.90. The summed E-state index contributed by atoms with van der Waals surface area (Å²) in [6.07, 6.45) is 0. The van der Waals surface area contributed by atoms with E-state index >= 15 is 0 Å². The minimum atomic E-state index is -0.906. The predicted molar refractivity (Wildman–Crippen MR) is 60.0 cm³/mol. The average Bonchev–Trinajstić information content (AvgIpc) is 2.28. The van der Waals surface area contributed by atoms with Crippen molar-refractivity contribution in [2.45, 2.75) is 12.8 Å². The fourth-order valence-electron chi connectivity index (χ4n) is 1.81. The molecule has 0 spiro atoms. The molecule has 0 saturated heterocycles. The van der Waals surface area contributed by atoms with E-state index in [1.807, 2.05) is 0 Å². The zero-order valence-electron chi connectivity index (χ0n) is 8.77. The molecule has 2 nitrogen and oxygen atoms in total. The molecule has 2 aromatic rings. The lowest BCUT2D eigenvalue weighted by Gasteiger charge is -2.10. The van der Waals surface area contributed by atoms with Crippen molar-refractivity contribution < 1.29 is 14.3 Å². The van der Waals surface area contributed by atoms with Gasteiger partial charge in [0.25, 0.3) is 0 Å². The molecule has 3 heteroatoms. The molecule has 0 fully saturated rings. The lowest BCUT2D eigenvalue weighted by molar-refractivity contribution is -0.138. The maximum absolute atomic E-state index is 13.5. The Labute approximate surface area is 92.3 Å². The minimum Gasteiger partial charge on any atom is -0.481 e. The Balaban J connectivity index is 2.72. The first-order chi connectivity index (χ1) is 7.61. The molecular weight excluding hydrogens is 207 g/mol. The SMILES string of the molecule is CC(C(=O)O)c1cccc2c(F)cccc12. The van der Waals surface area contributed by atoms with Gasteiger partial charge in [-0.2, -0.15) is 0 Å². The molecule has 0 amide bonds. The summed E-state index contributed by atoms with van der Waals surface area (Å²) in [5, 5.41) is 10.1. The number of carbonyl (C=O) groups is 1. The molecule has 0 aliphatic heterocycles. The summed E-state index contributed by atoms with van der Waals surface area (Å²) in [4.78, 5) is 10.9. The van der Waals surface area contributed by atoms with Crippen molar-refractivity contribution in [3.8, 4) is 0 Å². The first-order valence-corrected chi connectivity index (χ1v) is 5.01. The van der Waals surface area contributed by atoms with E-state index in [9.17, 15) is 9.18 Å². The number of fused-ring (bicyclic) bond motifs is 1. The Bertz CT molecular complexity index is 549. The molecule has 0 heterocycles. The Morgan fingerprint density at radius 2 is 1.81 bits per heavy atom. The summed E-state index contributed by atoms with van der Waals surface area (Å²) in [6.45, 7) is 1.60. The van der Waals surface area contributed by atoms with E-state index in [-0.39, 0.29) is 5.82 Å². The van der Waals surface area contributed by atoms with Crippen molar-refractivity contribution >= 4 is 16.7 Å². The van der Waals surface area contributed by atoms with Crippen LogP contribution in [-0.4, -0.2) is 11.1 Å². The van der Waals surface area contributed by atoms with Crippen molar-refractivity contribution in [3.63, 3.8) is 0 Å². The monoisotopic (exact) mass is 218 g/mol. The normalized spacial score (nSPS) is 12.6. The predicted octanol–water partition coefficient (Wildman–Crippen LogP) is 3.17. The zero-order chi connectivity index (χ0) is 11.7. The smallest absolute Gasteiger partial charge is 0.310 e. The molecule has 2 aromatic carbocycles. The maximum atomic E-state index is 13.5. The maximum Gasteiger partial charge on any atom is 0.310 e. The van der Waals surface area contributed by atoms with Gasteiger partial charge in [0.15, 0.2) is 0 Å². The van der Waals surface area contributed by atoms with Crippen LogP contribution < -0.4 is 0 Å². The van der Waals surface area contributed by atoms with E-state index in [0.29, 0.717) is 16.3 Å². The molecule has 0 bridgehead atoms. The Kier molecular flexibility index (Phi) is 2.60. The number of rotatable bonds is 2. The number of hydrogen-bond acceptors (Lipinski definition) is 1. The van der Waals surface area contributed by atoms with Gasteiger partial charge in [-0.3, -0.25) is 4.79 Å². The van der Waals surface area contributed by atoms with Crippen LogP contribution in [0.25, 0.3) is 10.8 Å². The number of aliphatic carboxylic acids is 1. The minimum absolute atomic E-state index is 0.322. The number of hydrogen-bond donors (Lipinski definition) is 1. The van der Waals surface area contributed by atoms with Crippen molar-refractivity contribution in [1.82, 2.24) is 0 Å². The van der Waals surface area contributed by atoms with Gasteiger partial charge < -0.3 is 5.11 Å². The van der Waals surface area contributed by atoms with Crippen molar-refractivity contribution in [2.75, 3.05) is 0 Å². The number of carboxylic acids is 1. The van der Waals surface area contributed by atoms with Gasteiger partial charge in [-0.25, -0.2) is 4.39 Å². The standard InChI is InChI=1S/C13H11FO2/c1-8(13(15)16)9-4-2-6-11-10(9)5-3-7-12(11)14/h2-8H,1H3,(H,15,16). The van der Waals surface area contributed by atoms with Gasteiger partial charge in [-0.15, -0.1) is 0 Å². The van der Waals surface area contributed by atoms with Crippen LogP contribution in [0.4, 0.5) is 4.39 Å². The second-order valence-corrected chi connectivity index (χ2v) is 3.74. The van der Waals surface area contributed by atoms with Crippen LogP contribution in [-0.2, 0) is 4.79 Å². The second kappa shape index (κ2) is 3.93. The van der Waals surface area contributed by atoms with E-state index < -0.39 is 11.9 Å². The summed E-state index contributed by atoms with van der Waals surface area (Å²) in [5.74, 6) is -1.86. The zero-order valence-corrected chi connectivity index (χ0v) is 8.77. The van der Waals surface area contributed by atoms with E-state index in [1.165, 1.54) is 6.07 Å². The number of benzene rings is 2. The molecule has 0 aliphatic carbocycles. The van der Waals surface area contributed by atoms with Crippen LogP contribution in [0.1, 0.15) is 18.4 Å². The largest absolute Gasteiger partial charge is 0.481 e. The van der Waals surface area contributed by atoms with Crippen LogP contribution in [0.2, 0.25) is 0 Å². The molecule has 0 radical (unpaired) electrons. The van der Waals surface area contributed by atoms with Crippen LogP contribution in [0.5, 0.6) is 0 Å². The Morgan fingerprint density at radius 1 is 1.19 bits per heavy atom. The third-order valence-electron chi connectivity index (χ3n) is 2.74. The van der Waals surface area contributed by atoms with Crippen molar-refractivity contribution in [1.29, 1.82) is 0 Å². The summed E-state index contributed by atoms with van der Waals surface area (Å²) >= 11 is 0. The van der Waals surface area contributed by atoms with Gasteiger partial charge in [0.05, 0.1) is 5.92 Å². The number of halogens is 1. The molecule has 1 atom stereocenters. The van der Waals surface area contributed by atoms with Gasteiger partial charge in [0.2, 0.25) is 0 Å². The summed E-state index contributed by atoms with van der Waals surface area (Å²) in [6, 6.07) is 9.77. The third kappa shape index (κ3) is 1.65. The molecule has 1 unspecified atom stereocenters. The van der Waals surface area contributed by atoms with Crippen LogP contribution in [0.3, 0.4) is 0 Å². The fraction of sp³-hybridized carbons (Fsp3) is 0.154. The van der Waals surface area contributed by atoms with Crippen LogP contribution in [0, 0.1) is 5.82 Å². The lowest BCUT2D eigenvalue weighted by Crippen LogP contribution is -2.07. The average molecular weight is 218 g/mol. The summed E-state index contributed by atoms with van der Waals surface area (Å²) < 4.78 is 13.5. The molecule has 0 aromatic heterocycles. The topological polar surface area (TPSA) is 37.3 Å². The first kappa shape index (κ1) is 10.6. The van der Waals surface area contributed by atoms with Crippen molar-refractivity contribution in [3.05, 3.63) is 47.8 Å². The van der Waals surface area contributed by atoms with E-state index in [1.54, 1.807) is 37.3 Å². The quantitative estimate of drug-likeness (QED) is 0.840. The van der Waals surface area contributed by atoms with Gasteiger partial charge in [0.1, 0.15) is 5.82 Å². The van der Waals surface area contributed by atoms with E-state index in [4.69, 9.17) is 5.11 Å². The third-order valence-corrected chi connectivity index (χ3v) is 2.74. The van der Waals surface area contributed by atoms with E-state index in [0.717, 1.165) is 0 Å². The number of carboxylic acid groups (broad SMARTS) is 1. The molecule has 2 rings (SSSR count). The Morgan fingerprint density at radius 3 is 2.50 bits per heavy atom. The van der Waals surface area contributed by atoms with Crippen LogP contribution in [0.15, 0.2) is 36.4 Å². The van der Waals surface area contributed by atoms with Gasteiger partial charge >= 0.3 is 5.97 Å². The molecule has 0 saturated carbocycles. The highest BCUT2D eigenvalue weighted by Crippen LogP contribution is 2.27. The second-order valence-electron chi connectivity index (χ2n) is 3.74. The first-order valence-electron chi connectivity index (χ1n) is 5.01. The molecule has 82 valence electrons. The molecule has 16 heavy (non-hydrogen) atoms. The van der Waals surface area contributed by atoms with Crippen molar-refractivity contribution in [2.24, 2.45) is 0 Å². The van der Waals surface area contributed by atoms with Gasteiger partial charge in [0, 0.05) is 5.39 Å². The van der Waals surface area contributed by atoms with Gasteiger partial charge in [-0.1, -0.05) is 30.3 Å². The fourth-order valence-corrected chi connectivity index (χ4v) is 1.81. The summed E-state index contributed by atoms with van der Waals surface area (Å²) in [5.41, 5.74) is 0.643. The van der Waals surface area contributed by atoms with Gasteiger partial charge in [-0.05, 0) is 23.9 Å².